The minimum absolute atomic E-state index is 0.0739. The van der Waals surface area contributed by atoms with Crippen LogP contribution in [0.5, 0.6) is 0 Å². The number of carbonyl (C=O) groups is 2. The lowest BCUT2D eigenvalue weighted by atomic mass is 9.32. The summed E-state index contributed by atoms with van der Waals surface area (Å²) in [6, 6.07) is 4.63. The molecule has 5 fully saturated rings. The average Bonchev–Trinajstić information content (AvgIpc) is 3.47. The van der Waals surface area contributed by atoms with Gasteiger partial charge in [0.2, 0.25) is 5.91 Å². The fourth-order valence-corrected chi connectivity index (χ4v) is 15.3. The first-order valence-electron chi connectivity index (χ1n) is 19.9. The monoisotopic (exact) mass is 738 g/mol. The molecule has 0 bridgehead atoms. The molecule has 7 nitrogen and oxygen atoms in total. The molecular formula is C43H63FN2O5S. The molecule has 1 saturated heterocycles. The van der Waals surface area contributed by atoms with Gasteiger partial charge in [0, 0.05) is 26.2 Å². The molecule has 4 N–H and O–H groups in total. The lowest BCUT2D eigenvalue weighted by molar-refractivity contribution is -0.225. The number of carboxylic acid groups (broad SMARTS) is 1. The van der Waals surface area contributed by atoms with Gasteiger partial charge in [-0.1, -0.05) is 58.9 Å². The van der Waals surface area contributed by atoms with E-state index in [9.17, 15) is 28.2 Å². The summed E-state index contributed by atoms with van der Waals surface area (Å²) in [5.74, 6) is 1.17. The Morgan fingerprint density at radius 3 is 2.33 bits per heavy atom. The second-order valence-electron chi connectivity index (χ2n) is 19.2. The molecule has 6 aliphatic rings. The van der Waals surface area contributed by atoms with Crippen molar-refractivity contribution in [2.24, 2.45) is 56.7 Å². The highest BCUT2D eigenvalue weighted by molar-refractivity contribution is 8.24. The second kappa shape index (κ2) is 12.9. The Morgan fingerprint density at radius 2 is 1.67 bits per heavy atom. The minimum atomic E-state index is -2.44. The lowest BCUT2D eigenvalue weighted by Gasteiger charge is -2.72. The molecule has 0 aromatic heterocycles. The van der Waals surface area contributed by atoms with Crippen LogP contribution in [-0.2, 0) is 4.79 Å². The number of nitrogens with zero attached hydrogens (tertiary/aromatic N) is 1. The summed E-state index contributed by atoms with van der Waals surface area (Å²) >= 11 is 0. The molecule has 4 saturated carbocycles. The van der Waals surface area contributed by atoms with E-state index in [1.54, 1.807) is 6.07 Å². The van der Waals surface area contributed by atoms with E-state index in [2.05, 4.69) is 64.4 Å². The Kier molecular flexibility index (Phi) is 9.48. The molecule has 5 aliphatic carbocycles. The number of fused-ring (bicyclic) bond motifs is 7. The van der Waals surface area contributed by atoms with Crippen LogP contribution < -0.4 is 5.32 Å². The van der Waals surface area contributed by atoms with E-state index < -0.39 is 22.4 Å². The van der Waals surface area contributed by atoms with Crippen molar-refractivity contribution < 1.29 is 28.2 Å². The Balaban J connectivity index is 1.14. The Hall–Kier alpha value is -2.20. The van der Waals surface area contributed by atoms with Crippen LogP contribution in [0.15, 0.2) is 36.4 Å². The third-order valence-corrected chi connectivity index (χ3v) is 18.5. The summed E-state index contributed by atoms with van der Waals surface area (Å²) in [6.07, 6.45) is 11.7. The van der Waals surface area contributed by atoms with Crippen LogP contribution in [0, 0.1) is 62.5 Å². The second-order valence-corrected chi connectivity index (χ2v) is 21.6. The molecule has 1 aliphatic heterocycles. The van der Waals surface area contributed by atoms with Gasteiger partial charge in [-0.15, -0.1) is 0 Å². The number of carboxylic acids is 1. The summed E-state index contributed by atoms with van der Waals surface area (Å²) in [6.45, 7) is 21.7. The molecule has 0 unspecified atom stereocenters. The maximum Gasteiger partial charge on any atom is 0.338 e. The van der Waals surface area contributed by atoms with Gasteiger partial charge in [-0.3, -0.25) is 18.8 Å². The van der Waals surface area contributed by atoms with E-state index in [1.807, 2.05) is 0 Å². The zero-order valence-corrected chi connectivity index (χ0v) is 33.2. The zero-order chi connectivity index (χ0) is 37.6. The molecule has 9 heteroatoms. The van der Waals surface area contributed by atoms with Crippen molar-refractivity contribution in [2.75, 3.05) is 37.7 Å². The molecule has 1 heterocycles. The highest BCUT2D eigenvalue weighted by Crippen LogP contribution is 2.77. The molecule has 52 heavy (non-hydrogen) atoms. The number of hydrogen-bond acceptors (Lipinski definition) is 5. The quantitative estimate of drug-likeness (QED) is 0.208. The third kappa shape index (κ3) is 5.68. The average molecular weight is 739 g/mol. The number of carbonyl (C=O) groups excluding carboxylic acids is 1. The number of nitrogens with one attached hydrogen (secondary N) is 1. The Bertz CT molecular complexity index is 1670. The van der Waals surface area contributed by atoms with Crippen molar-refractivity contribution in [2.45, 2.75) is 99.3 Å². The number of rotatable bonds is 7. The van der Waals surface area contributed by atoms with Gasteiger partial charge in [0.15, 0.2) is 0 Å². The number of aromatic carboxylic acids is 1. The highest BCUT2D eigenvalue weighted by atomic mass is 32.3. The van der Waals surface area contributed by atoms with Gasteiger partial charge in [0.25, 0.3) is 0 Å². The number of amides is 1. The molecule has 288 valence electrons. The highest BCUT2D eigenvalue weighted by Gasteiger charge is 2.71. The number of allylic oxidation sites excluding steroid dienone is 3. The predicted octanol–water partition coefficient (Wildman–Crippen LogP) is 9.36. The van der Waals surface area contributed by atoms with Crippen LogP contribution in [0.25, 0.3) is 5.57 Å². The molecular weight excluding hydrogens is 676 g/mol. The normalized spacial score (nSPS) is 41.3. The Labute approximate surface area is 312 Å². The molecule has 1 aromatic carbocycles. The number of halogens is 1. The topological polar surface area (TPSA) is 110 Å². The fourth-order valence-electron chi connectivity index (χ4n) is 14.0. The van der Waals surface area contributed by atoms with E-state index in [1.165, 1.54) is 17.7 Å². The van der Waals surface area contributed by atoms with Crippen molar-refractivity contribution in [3.05, 3.63) is 53.4 Å². The van der Waals surface area contributed by atoms with Crippen molar-refractivity contribution in [1.29, 1.82) is 0 Å². The van der Waals surface area contributed by atoms with Crippen LogP contribution in [0.4, 0.5) is 4.39 Å². The zero-order valence-electron chi connectivity index (χ0n) is 32.4. The van der Waals surface area contributed by atoms with Crippen molar-refractivity contribution in [3.8, 4) is 0 Å². The molecule has 1 amide bonds. The van der Waals surface area contributed by atoms with Gasteiger partial charge in [-0.25, -0.2) is 9.18 Å². The van der Waals surface area contributed by atoms with E-state index in [4.69, 9.17) is 0 Å². The van der Waals surface area contributed by atoms with Gasteiger partial charge in [0.1, 0.15) is 5.82 Å². The standard InChI is InChI=1S/C43H63FN2O5S/c1-27(2)29-12-17-43(38(49)45-20-21-46-22-24-52(50,51)25-23-46)19-18-41(6)32(36(29)43)10-11-35-40(5)15-13-31(28-8-9-30(37(47)48)33(44)26-28)39(3,4)34(40)14-16-42(35,41)7/h8-9,13,26,29,32,34-36,50-51H,1,10-12,14-25H2,2-7H3,(H,45,49)(H,47,48)/t29-,32+,34-,35+,36+,40-,41+,42+,43-/m0/s1. The van der Waals surface area contributed by atoms with Crippen molar-refractivity contribution in [3.63, 3.8) is 0 Å². The van der Waals surface area contributed by atoms with E-state index >= 15 is 0 Å². The molecule has 7 rings (SSSR count). The van der Waals surface area contributed by atoms with Gasteiger partial charge in [-0.2, -0.15) is 10.6 Å². The first-order chi connectivity index (χ1) is 24.3. The summed E-state index contributed by atoms with van der Waals surface area (Å²) < 4.78 is 35.0. The summed E-state index contributed by atoms with van der Waals surface area (Å²) in [7, 11) is -2.44. The summed E-state index contributed by atoms with van der Waals surface area (Å²) in [5, 5.41) is 12.8. The third-order valence-electron chi connectivity index (χ3n) is 16.8. The first kappa shape index (κ1) is 38.1. The van der Waals surface area contributed by atoms with E-state index in [0.717, 1.165) is 75.5 Å². The molecule has 1 aromatic rings. The van der Waals surface area contributed by atoms with Crippen molar-refractivity contribution >= 4 is 28.0 Å². The van der Waals surface area contributed by atoms with E-state index in [-0.39, 0.29) is 44.5 Å². The molecule has 0 radical (unpaired) electrons. The van der Waals surface area contributed by atoms with Gasteiger partial charge in [0.05, 0.1) is 22.5 Å². The maximum atomic E-state index is 14.9. The van der Waals surface area contributed by atoms with Crippen molar-refractivity contribution in [1.82, 2.24) is 10.2 Å². The van der Waals surface area contributed by atoms with Crippen LogP contribution in [0.1, 0.15) is 115 Å². The SMILES string of the molecule is C=C(C)[C@@H]1CC[C@]2(C(=O)NCCN3CCS(O)(O)CC3)CC[C@]3(C)[C@H](CC[C@@H]4[C@@]5(C)CC=C(c6ccc(C(=O)O)c(F)c6)C(C)(C)[C@@H]5CC[C@]43C)[C@@H]12. The Morgan fingerprint density at radius 1 is 0.962 bits per heavy atom. The lowest BCUT2D eigenvalue weighted by Crippen LogP contribution is -2.66. The van der Waals surface area contributed by atoms with Crippen LogP contribution in [-0.4, -0.2) is 68.7 Å². The van der Waals surface area contributed by atoms with Gasteiger partial charge < -0.3 is 10.4 Å². The van der Waals surface area contributed by atoms with Gasteiger partial charge in [-0.05, 0) is 139 Å². The maximum absolute atomic E-state index is 14.9. The van der Waals surface area contributed by atoms with Crippen LogP contribution >= 0.6 is 10.6 Å². The molecule has 9 atom stereocenters. The van der Waals surface area contributed by atoms with Crippen LogP contribution in [0.2, 0.25) is 0 Å². The summed E-state index contributed by atoms with van der Waals surface area (Å²) in [5.41, 5.74) is 2.58. The number of hydrogen-bond donors (Lipinski definition) is 4. The predicted molar refractivity (Wildman–Crippen MR) is 208 cm³/mol. The van der Waals surface area contributed by atoms with E-state index in [0.29, 0.717) is 54.8 Å². The first-order valence-corrected chi connectivity index (χ1v) is 21.8. The smallest absolute Gasteiger partial charge is 0.338 e. The summed E-state index contributed by atoms with van der Waals surface area (Å²) in [4.78, 5) is 28.3. The molecule has 0 spiro atoms. The largest absolute Gasteiger partial charge is 0.478 e. The fraction of sp³-hybridized carbons (Fsp3) is 0.721. The van der Waals surface area contributed by atoms with Gasteiger partial charge >= 0.3 is 5.97 Å². The van der Waals surface area contributed by atoms with Crippen LogP contribution in [0.3, 0.4) is 0 Å². The number of benzene rings is 1. The minimum Gasteiger partial charge on any atom is -0.478 e.